The molecule has 0 aliphatic carbocycles. The molecule has 4 rings (SSSR count). The predicted molar refractivity (Wildman–Crippen MR) is 151 cm³/mol. The fraction of sp³-hybridized carbons (Fsp3) is 0.370. The van der Waals surface area contributed by atoms with E-state index in [2.05, 4.69) is 15.3 Å². The summed E-state index contributed by atoms with van der Waals surface area (Å²) in [4.78, 5) is 9.82. The summed E-state index contributed by atoms with van der Waals surface area (Å²) in [5.41, 5.74) is 5.63. The molecule has 1 aliphatic heterocycles. The predicted octanol–water partition coefficient (Wildman–Crippen LogP) is 5.39. The summed E-state index contributed by atoms with van der Waals surface area (Å²) in [6, 6.07) is 3.88. The van der Waals surface area contributed by atoms with Gasteiger partial charge in [-0.25, -0.2) is 13.8 Å². The lowest BCUT2D eigenvalue weighted by molar-refractivity contribution is 0.216. The molecule has 1 fully saturated rings. The molecule has 2 aromatic heterocycles. The number of nitrogen functional groups attached to an aromatic ring is 1. The van der Waals surface area contributed by atoms with Crippen LogP contribution in [0.25, 0.3) is 0 Å². The van der Waals surface area contributed by atoms with E-state index in [4.69, 9.17) is 44.2 Å². The second-order valence-corrected chi connectivity index (χ2v) is 9.90. The van der Waals surface area contributed by atoms with E-state index >= 15 is 4.39 Å². The maximum absolute atomic E-state index is 15.5. The highest BCUT2D eigenvalue weighted by atomic mass is 35.5. The summed E-state index contributed by atoms with van der Waals surface area (Å²) < 4.78 is 36.3. The van der Waals surface area contributed by atoms with Crippen LogP contribution < -0.4 is 20.7 Å². The lowest BCUT2D eigenvalue weighted by atomic mass is 9.92. The molecule has 5 N–H and O–H groups in total. The van der Waals surface area contributed by atoms with Gasteiger partial charge in [-0.15, -0.1) is 0 Å². The first kappa shape index (κ1) is 30.5. The molecule has 1 atom stereocenters. The summed E-state index contributed by atoms with van der Waals surface area (Å²) in [7, 11) is 0. The summed E-state index contributed by atoms with van der Waals surface area (Å²) in [6.07, 6.45) is 3.38. The molecule has 8 nitrogen and oxygen atoms in total. The maximum atomic E-state index is 15.5. The third-order valence-corrected chi connectivity index (χ3v) is 6.74. The third kappa shape index (κ3) is 6.58. The fourth-order valence-corrected chi connectivity index (χ4v) is 5.01. The number of rotatable bonds is 9. The van der Waals surface area contributed by atoms with Crippen LogP contribution in [0.3, 0.4) is 0 Å². The SMILES string of the molecule is CC.C[C@@H](Oc1ccc(N)c(C(=N)c2cnc(N3CC(C)(NCCO)C3)c(F)c2)c1F)c1c(Cl)cncc1Cl. The Labute approximate surface area is 236 Å². The molecule has 1 saturated heterocycles. The molecule has 0 unspecified atom stereocenters. The molecule has 3 aromatic rings. The Morgan fingerprint density at radius 2 is 1.87 bits per heavy atom. The van der Waals surface area contributed by atoms with Crippen LogP contribution >= 0.6 is 23.2 Å². The summed E-state index contributed by atoms with van der Waals surface area (Å²) in [6.45, 7) is 9.06. The van der Waals surface area contributed by atoms with Crippen molar-refractivity contribution in [2.75, 3.05) is 36.9 Å². The van der Waals surface area contributed by atoms with Crippen molar-refractivity contribution in [3.05, 3.63) is 75.2 Å². The van der Waals surface area contributed by atoms with Gasteiger partial charge in [0.25, 0.3) is 0 Å². The lowest BCUT2D eigenvalue weighted by Crippen LogP contribution is -2.68. The van der Waals surface area contributed by atoms with Crippen LogP contribution in [0.4, 0.5) is 20.3 Å². The molecular weight excluding hydrogens is 549 g/mol. The van der Waals surface area contributed by atoms with E-state index in [9.17, 15) is 4.39 Å². The molecule has 1 aliphatic rings. The van der Waals surface area contributed by atoms with Gasteiger partial charge >= 0.3 is 0 Å². The highest BCUT2D eigenvalue weighted by Crippen LogP contribution is 2.36. The number of aliphatic hydroxyl groups excluding tert-OH is 1. The van der Waals surface area contributed by atoms with Crippen molar-refractivity contribution in [3.8, 4) is 5.75 Å². The minimum Gasteiger partial charge on any atom is -0.483 e. The van der Waals surface area contributed by atoms with Gasteiger partial charge < -0.3 is 25.8 Å². The highest BCUT2D eigenvalue weighted by Gasteiger charge is 2.40. The Morgan fingerprint density at radius 1 is 1.23 bits per heavy atom. The van der Waals surface area contributed by atoms with Gasteiger partial charge in [-0.2, -0.15) is 0 Å². The number of halogens is 4. The number of nitrogens with one attached hydrogen (secondary N) is 2. The zero-order valence-electron chi connectivity index (χ0n) is 22.2. The highest BCUT2D eigenvalue weighted by molar-refractivity contribution is 6.35. The number of β-amino-alcohol motifs (C(OH)–C–C–N with tert-alkyl or cyclic N) is 1. The number of hydrogen-bond donors (Lipinski definition) is 4. The smallest absolute Gasteiger partial charge is 0.176 e. The first-order valence-electron chi connectivity index (χ1n) is 12.4. The Morgan fingerprint density at radius 3 is 2.46 bits per heavy atom. The zero-order chi connectivity index (χ0) is 28.9. The van der Waals surface area contributed by atoms with Crippen LogP contribution in [0.15, 0.2) is 36.8 Å². The number of aliphatic hydroxyl groups is 1. The van der Waals surface area contributed by atoms with Crippen molar-refractivity contribution < 1.29 is 18.6 Å². The van der Waals surface area contributed by atoms with Gasteiger partial charge in [-0.1, -0.05) is 37.0 Å². The Hall–Kier alpha value is -3.05. The minimum atomic E-state index is -0.879. The summed E-state index contributed by atoms with van der Waals surface area (Å²) >= 11 is 12.4. The largest absolute Gasteiger partial charge is 0.483 e. The van der Waals surface area contributed by atoms with Crippen molar-refractivity contribution in [1.29, 1.82) is 5.41 Å². The monoisotopic (exact) mass is 580 g/mol. The standard InChI is InChI=1S/C25H26Cl2F2N6O2.C2H6/c1-13(20-15(26)9-32-10-16(20)27)37-19-4-3-18(30)21(22(19)29)23(31)14-7-17(28)24(33-8-14)35-11-25(2,12-35)34-5-6-36;1-2/h3-4,7-10,13,31,34,36H,5-6,11-12,30H2,1-2H3;1-2H3/t13-;/m1./s1. The fourth-order valence-electron chi connectivity index (χ4n) is 4.34. The van der Waals surface area contributed by atoms with Crippen LogP contribution in [0.1, 0.15) is 50.5 Å². The van der Waals surface area contributed by atoms with E-state index < -0.39 is 17.7 Å². The van der Waals surface area contributed by atoms with Crippen molar-refractivity contribution >= 4 is 40.4 Å². The number of anilines is 2. The topological polar surface area (TPSA) is 120 Å². The molecule has 0 radical (unpaired) electrons. The number of aromatic nitrogens is 2. The average Bonchev–Trinajstić information content (AvgIpc) is 2.88. The normalized spacial score (nSPS) is 14.6. The maximum Gasteiger partial charge on any atom is 0.176 e. The number of benzene rings is 1. The first-order valence-corrected chi connectivity index (χ1v) is 13.2. The molecule has 0 amide bonds. The van der Waals surface area contributed by atoms with E-state index in [1.807, 2.05) is 20.8 Å². The molecule has 39 heavy (non-hydrogen) atoms. The molecule has 0 spiro atoms. The van der Waals surface area contributed by atoms with Gasteiger partial charge in [0.1, 0.15) is 6.10 Å². The second-order valence-electron chi connectivity index (χ2n) is 9.09. The molecule has 0 bridgehead atoms. The van der Waals surface area contributed by atoms with Gasteiger partial charge in [-0.3, -0.25) is 10.4 Å². The Balaban J connectivity index is 0.00000205. The van der Waals surface area contributed by atoms with Crippen LogP contribution in [-0.4, -0.2) is 52.6 Å². The molecule has 3 heterocycles. The van der Waals surface area contributed by atoms with Crippen LogP contribution in [0, 0.1) is 17.0 Å². The van der Waals surface area contributed by atoms with Gasteiger partial charge in [0.15, 0.2) is 23.2 Å². The van der Waals surface area contributed by atoms with Gasteiger partial charge in [0, 0.05) is 55.0 Å². The number of nitrogens with two attached hydrogens (primary N) is 1. The van der Waals surface area contributed by atoms with E-state index in [0.717, 1.165) is 6.07 Å². The van der Waals surface area contributed by atoms with E-state index in [1.165, 1.54) is 30.7 Å². The third-order valence-electron chi connectivity index (χ3n) is 6.14. The molecule has 210 valence electrons. The van der Waals surface area contributed by atoms with Crippen molar-refractivity contribution in [1.82, 2.24) is 15.3 Å². The van der Waals surface area contributed by atoms with Crippen LogP contribution in [0.2, 0.25) is 10.0 Å². The zero-order valence-corrected chi connectivity index (χ0v) is 23.7. The molecular formula is C27H32Cl2F2N6O2. The van der Waals surface area contributed by atoms with E-state index in [1.54, 1.807) is 11.8 Å². The van der Waals surface area contributed by atoms with Crippen molar-refractivity contribution in [2.45, 2.75) is 39.3 Å². The van der Waals surface area contributed by atoms with Crippen LogP contribution in [-0.2, 0) is 0 Å². The quantitative estimate of drug-likeness (QED) is 0.198. The van der Waals surface area contributed by atoms with Crippen molar-refractivity contribution in [3.63, 3.8) is 0 Å². The summed E-state index contributed by atoms with van der Waals surface area (Å²) in [5.74, 6) is -1.57. The molecule has 12 heteroatoms. The second kappa shape index (κ2) is 12.9. The summed E-state index contributed by atoms with van der Waals surface area (Å²) in [5, 5.41) is 21.3. The molecule has 0 saturated carbocycles. The van der Waals surface area contributed by atoms with Gasteiger partial charge in [0.05, 0.1) is 33.5 Å². The molecule has 1 aromatic carbocycles. The first-order chi connectivity index (χ1) is 18.5. The number of nitrogens with zero attached hydrogens (tertiary/aromatic N) is 3. The van der Waals surface area contributed by atoms with E-state index in [0.29, 0.717) is 25.2 Å². The lowest BCUT2D eigenvalue weighted by Gasteiger charge is -2.49. The number of ether oxygens (including phenoxy) is 1. The van der Waals surface area contributed by atoms with Gasteiger partial charge in [-0.05, 0) is 32.0 Å². The Bertz CT molecular complexity index is 1320. The minimum absolute atomic E-state index is 0.00901. The van der Waals surface area contributed by atoms with Gasteiger partial charge in [0.2, 0.25) is 0 Å². The Kier molecular flexibility index (Phi) is 10.1. The average molecular weight is 581 g/mol. The van der Waals surface area contributed by atoms with E-state index in [-0.39, 0.29) is 56.3 Å². The van der Waals surface area contributed by atoms with Crippen molar-refractivity contribution in [2.24, 2.45) is 0 Å². The van der Waals surface area contributed by atoms with Crippen LogP contribution in [0.5, 0.6) is 5.75 Å². The number of hydrogen-bond acceptors (Lipinski definition) is 8. The number of pyridine rings is 2.